The third-order valence-electron chi connectivity index (χ3n) is 4.80. The first-order valence-corrected chi connectivity index (χ1v) is 11.9. The number of carbonyl (C=O) groups excluding carboxylic acids is 1. The van der Waals surface area contributed by atoms with E-state index in [-0.39, 0.29) is 16.4 Å². The number of imidazole rings is 1. The number of hydrogen-bond acceptors (Lipinski definition) is 4. The fourth-order valence-corrected chi connectivity index (χ4v) is 4.54. The van der Waals surface area contributed by atoms with Crippen molar-refractivity contribution in [2.24, 2.45) is 0 Å². The van der Waals surface area contributed by atoms with Crippen LogP contribution in [0.4, 0.5) is 5.69 Å². The van der Waals surface area contributed by atoms with Gasteiger partial charge >= 0.3 is 0 Å². The van der Waals surface area contributed by atoms with E-state index in [4.69, 9.17) is 11.6 Å². The Hall–Kier alpha value is -3.36. The summed E-state index contributed by atoms with van der Waals surface area (Å²) >= 11 is 5.91. The number of fused-ring (bicyclic) bond motifs is 1. The zero-order chi connectivity index (χ0) is 22.6. The van der Waals surface area contributed by atoms with Crippen LogP contribution >= 0.6 is 11.6 Å². The second-order valence-corrected chi connectivity index (χ2v) is 9.32. The second-order valence-electron chi connectivity index (χ2n) is 7.20. The van der Waals surface area contributed by atoms with E-state index in [9.17, 15) is 13.2 Å². The number of benzene rings is 3. The van der Waals surface area contributed by atoms with Crippen molar-refractivity contribution < 1.29 is 13.2 Å². The topological polar surface area (TPSA) is 104 Å². The van der Waals surface area contributed by atoms with E-state index in [0.29, 0.717) is 30.1 Å². The van der Waals surface area contributed by atoms with Gasteiger partial charge in [0.15, 0.2) is 0 Å². The number of aromatic nitrogens is 2. The smallest absolute Gasteiger partial charge is 0.261 e. The van der Waals surface area contributed by atoms with Gasteiger partial charge in [-0.15, -0.1) is 0 Å². The third kappa shape index (κ3) is 5.27. The molecule has 3 aromatic carbocycles. The quantitative estimate of drug-likeness (QED) is 0.334. The summed E-state index contributed by atoms with van der Waals surface area (Å²) in [6.07, 6.45) is 1.38. The molecule has 32 heavy (non-hydrogen) atoms. The highest BCUT2D eigenvalue weighted by Gasteiger charge is 2.16. The van der Waals surface area contributed by atoms with E-state index < -0.39 is 10.0 Å². The van der Waals surface area contributed by atoms with E-state index in [0.717, 1.165) is 16.9 Å². The van der Waals surface area contributed by atoms with Gasteiger partial charge in [-0.2, -0.15) is 0 Å². The molecule has 0 aliphatic carbocycles. The SMILES string of the molecule is O=C(NCCCc1nc2ccccc2[nH]1)c1cccc(S(=O)(=O)Nc2cccc(Cl)c2)c1. The summed E-state index contributed by atoms with van der Waals surface area (Å²) in [5.74, 6) is 0.523. The highest BCUT2D eigenvalue weighted by atomic mass is 35.5. The van der Waals surface area contributed by atoms with Gasteiger partial charge in [0, 0.05) is 23.6 Å². The fraction of sp³-hybridized carbons (Fsp3) is 0.130. The van der Waals surface area contributed by atoms with E-state index in [2.05, 4.69) is 20.0 Å². The lowest BCUT2D eigenvalue weighted by Gasteiger charge is -2.10. The Morgan fingerprint density at radius 3 is 2.62 bits per heavy atom. The van der Waals surface area contributed by atoms with Gasteiger partial charge in [0.2, 0.25) is 0 Å². The molecule has 1 heterocycles. The zero-order valence-corrected chi connectivity index (χ0v) is 18.6. The molecular formula is C23H21ClN4O3S. The summed E-state index contributed by atoms with van der Waals surface area (Å²) in [6.45, 7) is 0.438. The van der Waals surface area contributed by atoms with Crippen molar-refractivity contribution in [3.63, 3.8) is 0 Å². The van der Waals surface area contributed by atoms with E-state index >= 15 is 0 Å². The van der Waals surface area contributed by atoms with Crippen LogP contribution in [0.15, 0.2) is 77.7 Å². The summed E-state index contributed by atoms with van der Waals surface area (Å²) in [4.78, 5) is 20.3. The monoisotopic (exact) mass is 468 g/mol. The molecule has 1 aromatic heterocycles. The molecule has 164 valence electrons. The van der Waals surface area contributed by atoms with Gasteiger partial charge in [-0.1, -0.05) is 35.9 Å². The maximum atomic E-state index is 12.7. The van der Waals surface area contributed by atoms with E-state index in [1.165, 1.54) is 24.3 Å². The van der Waals surface area contributed by atoms with Crippen LogP contribution in [0.5, 0.6) is 0 Å². The van der Waals surface area contributed by atoms with Crippen molar-refractivity contribution in [1.82, 2.24) is 15.3 Å². The van der Waals surface area contributed by atoms with Crippen molar-refractivity contribution in [2.75, 3.05) is 11.3 Å². The number of para-hydroxylation sites is 2. The fourth-order valence-electron chi connectivity index (χ4n) is 3.25. The van der Waals surface area contributed by atoms with Crippen molar-refractivity contribution in [3.05, 3.63) is 89.2 Å². The minimum absolute atomic E-state index is 0.00704. The Morgan fingerprint density at radius 1 is 1.00 bits per heavy atom. The first-order chi connectivity index (χ1) is 15.4. The molecule has 0 fully saturated rings. The number of amides is 1. The minimum atomic E-state index is -3.86. The molecule has 0 radical (unpaired) electrons. The molecule has 0 spiro atoms. The normalized spacial score (nSPS) is 11.4. The molecule has 9 heteroatoms. The van der Waals surface area contributed by atoms with Gasteiger partial charge < -0.3 is 10.3 Å². The highest BCUT2D eigenvalue weighted by Crippen LogP contribution is 2.20. The first kappa shape index (κ1) is 21.9. The van der Waals surface area contributed by atoms with E-state index in [1.807, 2.05) is 24.3 Å². The molecule has 0 aliphatic heterocycles. The Balaban J connectivity index is 1.35. The molecule has 4 aromatic rings. The maximum Gasteiger partial charge on any atom is 0.261 e. The van der Waals surface area contributed by atoms with Crippen LogP contribution in [0.1, 0.15) is 22.6 Å². The van der Waals surface area contributed by atoms with Gasteiger partial charge in [-0.3, -0.25) is 9.52 Å². The number of hydrogen-bond donors (Lipinski definition) is 3. The van der Waals surface area contributed by atoms with Crippen LogP contribution in [0, 0.1) is 0 Å². The summed E-state index contributed by atoms with van der Waals surface area (Å²) in [7, 11) is -3.86. The van der Waals surface area contributed by atoms with Gasteiger partial charge in [-0.25, -0.2) is 13.4 Å². The molecule has 3 N–H and O–H groups in total. The van der Waals surface area contributed by atoms with Crippen LogP contribution in [0.3, 0.4) is 0 Å². The molecule has 7 nitrogen and oxygen atoms in total. The predicted molar refractivity (Wildman–Crippen MR) is 125 cm³/mol. The summed E-state index contributed by atoms with van der Waals surface area (Å²) in [5.41, 5.74) is 2.51. The molecule has 0 saturated heterocycles. The number of H-pyrrole nitrogens is 1. The molecule has 4 rings (SSSR count). The minimum Gasteiger partial charge on any atom is -0.352 e. The molecule has 0 saturated carbocycles. The molecule has 0 aliphatic rings. The van der Waals surface area contributed by atoms with Gasteiger partial charge in [0.1, 0.15) is 5.82 Å². The van der Waals surface area contributed by atoms with Crippen molar-refractivity contribution in [3.8, 4) is 0 Å². The highest BCUT2D eigenvalue weighted by molar-refractivity contribution is 7.92. The summed E-state index contributed by atoms with van der Waals surface area (Å²) in [5, 5.41) is 3.24. The number of rotatable bonds is 8. The molecule has 1 amide bonds. The third-order valence-corrected chi connectivity index (χ3v) is 6.41. The number of halogens is 1. The predicted octanol–water partition coefficient (Wildman–Crippen LogP) is 4.38. The van der Waals surface area contributed by atoms with Gasteiger partial charge in [-0.05, 0) is 55.0 Å². The van der Waals surface area contributed by atoms with Crippen LogP contribution in [0.2, 0.25) is 5.02 Å². The Bertz CT molecular complexity index is 1340. The number of aryl methyl sites for hydroxylation is 1. The molecular weight excluding hydrogens is 448 g/mol. The van der Waals surface area contributed by atoms with E-state index in [1.54, 1.807) is 24.3 Å². The summed E-state index contributed by atoms with van der Waals surface area (Å²) in [6, 6.07) is 20.1. The number of carbonyl (C=O) groups is 1. The Labute approximate surface area is 190 Å². The number of anilines is 1. The lowest BCUT2D eigenvalue weighted by Crippen LogP contribution is -2.25. The second kappa shape index (κ2) is 9.42. The van der Waals surface area contributed by atoms with Crippen LogP contribution in [-0.2, 0) is 16.4 Å². The summed E-state index contributed by atoms with van der Waals surface area (Å²) < 4.78 is 27.8. The number of aromatic amines is 1. The van der Waals surface area contributed by atoms with Crippen molar-refractivity contribution in [2.45, 2.75) is 17.7 Å². The molecule has 0 unspecified atom stereocenters. The van der Waals surface area contributed by atoms with Crippen LogP contribution in [-0.4, -0.2) is 30.8 Å². The maximum absolute atomic E-state index is 12.7. The zero-order valence-electron chi connectivity index (χ0n) is 17.0. The molecule has 0 bridgehead atoms. The van der Waals surface area contributed by atoms with Crippen LogP contribution in [0.25, 0.3) is 11.0 Å². The van der Waals surface area contributed by atoms with Gasteiger partial charge in [0.05, 0.1) is 21.6 Å². The average Bonchev–Trinajstić information content (AvgIpc) is 3.19. The lowest BCUT2D eigenvalue weighted by molar-refractivity contribution is 0.0953. The first-order valence-electron chi connectivity index (χ1n) is 10.0. The molecule has 0 atom stereocenters. The van der Waals surface area contributed by atoms with Gasteiger partial charge in [0.25, 0.3) is 15.9 Å². The lowest BCUT2D eigenvalue weighted by atomic mass is 10.2. The standard InChI is InChI=1S/C23H21ClN4O3S/c24-17-7-4-8-18(15-17)28-32(30,31)19-9-3-6-16(14-19)23(29)25-13-5-12-22-26-20-10-1-2-11-21(20)27-22/h1-4,6-11,14-15,28H,5,12-13H2,(H,25,29)(H,26,27). The Kier molecular flexibility index (Phi) is 6.43. The number of nitrogens with one attached hydrogen (secondary N) is 3. The van der Waals surface area contributed by atoms with Crippen LogP contribution < -0.4 is 10.0 Å². The van der Waals surface area contributed by atoms with Crippen molar-refractivity contribution in [1.29, 1.82) is 0 Å². The largest absolute Gasteiger partial charge is 0.352 e. The van der Waals surface area contributed by atoms with Crippen molar-refractivity contribution >= 4 is 44.3 Å². The average molecular weight is 469 g/mol. The number of nitrogens with zero attached hydrogens (tertiary/aromatic N) is 1. The Morgan fingerprint density at radius 2 is 1.81 bits per heavy atom. The number of sulfonamides is 1.